The van der Waals surface area contributed by atoms with Crippen molar-refractivity contribution in [1.82, 2.24) is 4.98 Å². The second kappa shape index (κ2) is 3.10. The summed E-state index contributed by atoms with van der Waals surface area (Å²) in [6.45, 7) is 1.63. The SMILES string of the molecule is Cc1cnc(Br)c(S(=O)(=O)F)c1. The van der Waals surface area contributed by atoms with E-state index in [9.17, 15) is 12.3 Å². The molecular weight excluding hydrogens is 249 g/mol. The molecule has 0 N–H and O–H groups in total. The third kappa shape index (κ3) is 2.01. The van der Waals surface area contributed by atoms with Crippen LogP contribution in [0.2, 0.25) is 0 Å². The van der Waals surface area contributed by atoms with Crippen LogP contribution < -0.4 is 0 Å². The van der Waals surface area contributed by atoms with E-state index in [2.05, 4.69) is 20.9 Å². The molecule has 0 saturated carbocycles. The van der Waals surface area contributed by atoms with Gasteiger partial charge >= 0.3 is 10.2 Å². The maximum Gasteiger partial charge on any atom is 0.334 e. The number of hydrogen-bond acceptors (Lipinski definition) is 3. The summed E-state index contributed by atoms with van der Waals surface area (Å²) in [4.78, 5) is 3.21. The van der Waals surface area contributed by atoms with Crippen molar-refractivity contribution in [2.24, 2.45) is 0 Å². The van der Waals surface area contributed by atoms with Crippen LogP contribution in [0.3, 0.4) is 0 Å². The normalized spacial score (nSPS) is 11.6. The van der Waals surface area contributed by atoms with Gasteiger partial charge in [-0.15, -0.1) is 3.89 Å². The van der Waals surface area contributed by atoms with Crippen molar-refractivity contribution < 1.29 is 12.3 Å². The van der Waals surface area contributed by atoms with Crippen LogP contribution in [0.4, 0.5) is 3.89 Å². The summed E-state index contributed by atoms with van der Waals surface area (Å²) in [5.74, 6) is 0. The number of pyridine rings is 1. The predicted octanol–water partition coefficient (Wildman–Crippen LogP) is 1.81. The van der Waals surface area contributed by atoms with Crippen LogP contribution >= 0.6 is 15.9 Å². The molecule has 1 aromatic heterocycles. The van der Waals surface area contributed by atoms with Gasteiger partial charge in [-0.2, -0.15) is 8.42 Å². The Morgan fingerprint density at radius 1 is 1.58 bits per heavy atom. The highest BCUT2D eigenvalue weighted by Crippen LogP contribution is 2.21. The van der Waals surface area contributed by atoms with Gasteiger partial charge in [0.05, 0.1) is 0 Å². The fraction of sp³-hybridized carbons (Fsp3) is 0.167. The lowest BCUT2D eigenvalue weighted by Gasteiger charge is -1.98. The summed E-state index contributed by atoms with van der Waals surface area (Å²) in [6.07, 6.45) is 1.44. The number of hydrogen-bond donors (Lipinski definition) is 0. The van der Waals surface area contributed by atoms with E-state index in [0.29, 0.717) is 5.56 Å². The van der Waals surface area contributed by atoms with Crippen molar-refractivity contribution in [3.05, 3.63) is 22.4 Å². The second-order valence-corrected chi connectivity index (χ2v) is 4.31. The lowest BCUT2D eigenvalue weighted by Crippen LogP contribution is -1.95. The summed E-state index contributed by atoms with van der Waals surface area (Å²) in [6, 6.07) is 1.21. The minimum Gasteiger partial charge on any atom is -0.248 e. The molecule has 1 heterocycles. The van der Waals surface area contributed by atoms with Crippen LogP contribution in [0.1, 0.15) is 5.56 Å². The summed E-state index contributed by atoms with van der Waals surface area (Å²) >= 11 is 2.84. The quantitative estimate of drug-likeness (QED) is 0.567. The van der Waals surface area contributed by atoms with E-state index in [0.717, 1.165) is 0 Å². The lowest BCUT2D eigenvalue weighted by atomic mass is 10.3. The summed E-state index contributed by atoms with van der Waals surface area (Å²) in [5, 5.41) is 0. The van der Waals surface area contributed by atoms with Gasteiger partial charge in [-0.1, -0.05) is 0 Å². The van der Waals surface area contributed by atoms with Crippen molar-refractivity contribution in [2.75, 3.05) is 0 Å². The highest BCUT2D eigenvalue weighted by atomic mass is 79.9. The maximum absolute atomic E-state index is 12.5. The van der Waals surface area contributed by atoms with Gasteiger partial charge in [0.25, 0.3) is 0 Å². The molecule has 0 unspecified atom stereocenters. The predicted molar refractivity (Wildman–Crippen MR) is 45.0 cm³/mol. The minimum absolute atomic E-state index is 0.00407. The van der Waals surface area contributed by atoms with E-state index in [-0.39, 0.29) is 4.60 Å². The molecule has 6 heteroatoms. The highest BCUT2D eigenvalue weighted by Gasteiger charge is 2.16. The molecule has 12 heavy (non-hydrogen) atoms. The smallest absolute Gasteiger partial charge is 0.248 e. The Bertz CT molecular complexity index is 404. The van der Waals surface area contributed by atoms with Gasteiger partial charge in [-0.05, 0) is 34.5 Å². The van der Waals surface area contributed by atoms with E-state index >= 15 is 0 Å². The van der Waals surface area contributed by atoms with Crippen LogP contribution in [0.5, 0.6) is 0 Å². The van der Waals surface area contributed by atoms with E-state index in [4.69, 9.17) is 0 Å². The average Bonchev–Trinajstić information content (AvgIpc) is 1.92. The maximum atomic E-state index is 12.5. The first kappa shape index (κ1) is 9.60. The van der Waals surface area contributed by atoms with Crippen LogP contribution in [0.15, 0.2) is 21.8 Å². The van der Waals surface area contributed by atoms with Crippen LogP contribution in [-0.2, 0) is 10.2 Å². The van der Waals surface area contributed by atoms with E-state index in [1.165, 1.54) is 12.3 Å². The van der Waals surface area contributed by atoms with E-state index in [1.807, 2.05) is 0 Å². The zero-order valence-corrected chi connectivity index (χ0v) is 8.49. The molecule has 0 fully saturated rings. The van der Waals surface area contributed by atoms with Gasteiger partial charge in [0.2, 0.25) is 0 Å². The van der Waals surface area contributed by atoms with E-state index in [1.54, 1.807) is 6.92 Å². The van der Waals surface area contributed by atoms with Crippen molar-refractivity contribution >= 4 is 26.2 Å². The standard InChI is InChI=1S/C6H5BrFNO2S/c1-4-2-5(12(8,10)11)6(7)9-3-4/h2-3H,1H3. The first-order valence-corrected chi connectivity index (χ1v) is 5.16. The lowest BCUT2D eigenvalue weighted by molar-refractivity contribution is 0.551. The number of rotatable bonds is 1. The molecule has 0 bridgehead atoms. The Balaban J connectivity index is 3.43. The first-order valence-electron chi connectivity index (χ1n) is 2.98. The molecule has 0 aliphatic carbocycles. The molecule has 1 aromatic rings. The Hall–Kier alpha value is -0.490. The number of nitrogens with zero attached hydrogens (tertiary/aromatic N) is 1. The molecule has 0 spiro atoms. The third-order valence-corrected chi connectivity index (χ3v) is 2.94. The Labute approximate surface area is 78.0 Å². The zero-order valence-electron chi connectivity index (χ0n) is 6.08. The van der Waals surface area contributed by atoms with Gasteiger partial charge in [0.15, 0.2) is 0 Å². The van der Waals surface area contributed by atoms with Crippen molar-refractivity contribution in [3.63, 3.8) is 0 Å². The van der Waals surface area contributed by atoms with Crippen LogP contribution in [0.25, 0.3) is 0 Å². The Kier molecular flexibility index (Phi) is 2.48. The summed E-state index contributed by atoms with van der Waals surface area (Å²) in [5.41, 5.74) is 0.592. The largest absolute Gasteiger partial charge is 0.334 e. The van der Waals surface area contributed by atoms with Gasteiger partial charge in [0.1, 0.15) is 9.50 Å². The Morgan fingerprint density at radius 3 is 2.58 bits per heavy atom. The monoisotopic (exact) mass is 253 g/mol. The average molecular weight is 254 g/mol. The summed E-state index contributed by atoms with van der Waals surface area (Å²) in [7, 11) is -4.67. The molecular formula is C6H5BrFNO2S. The van der Waals surface area contributed by atoms with Crippen molar-refractivity contribution in [3.8, 4) is 0 Å². The molecule has 66 valence electrons. The molecule has 0 atom stereocenters. The molecule has 0 amide bonds. The second-order valence-electron chi connectivity index (χ2n) is 2.24. The van der Waals surface area contributed by atoms with Crippen LogP contribution in [-0.4, -0.2) is 13.4 Å². The molecule has 1 rings (SSSR count). The molecule has 0 radical (unpaired) electrons. The number of aryl methyl sites for hydroxylation is 1. The molecule has 0 saturated heterocycles. The third-order valence-electron chi connectivity index (χ3n) is 1.21. The van der Waals surface area contributed by atoms with Crippen molar-refractivity contribution in [1.29, 1.82) is 0 Å². The van der Waals surface area contributed by atoms with Gasteiger partial charge in [-0.25, -0.2) is 4.98 Å². The first-order chi connectivity index (χ1) is 5.41. The van der Waals surface area contributed by atoms with E-state index < -0.39 is 15.1 Å². The molecule has 0 aromatic carbocycles. The number of aromatic nitrogens is 1. The van der Waals surface area contributed by atoms with Gasteiger partial charge in [0, 0.05) is 6.20 Å². The minimum atomic E-state index is -4.67. The molecule has 0 aliphatic rings. The Morgan fingerprint density at radius 2 is 2.17 bits per heavy atom. The zero-order chi connectivity index (χ0) is 9.35. The summed E-state index contributed by atoms with van der Waals surface area (Å²) < 4.78 is 33.4. The topological polar surface area (TPSA) is 47.0 Å². The van der Waals surface area contributed by atoms with Gasteiger partial charge < -0.3 is 0 Å². The fourth-order valence-electron chi connectivity index (χ4n) is 0.697. The molecule has 0 aliphatic heterocycles. The number of halogens is 2. The highest BCUT2D eigenvalue weighted by molar-refractivity contribution is 9.10. The molecule has 3 nitrogen and oxygen atoms in total. The van der Waals surface area contributed by atoms with Crippen molar-refractivity contribution in [2.45, 2.75) is 11.8 Å². The van der Waals surface area contributed by atoms with Gasteiger partial charge in [-0.3, -0.25) is 0 Å². The van der Waals surface area contributed by atoms with Crippen LogP contribution in [0, 0.1) is 6.92 Å². The fourth-order valence-corrected chi connectivity index (χ4v) is 2.07.